The van der Waals surface area contributed by atoms with Crippen molar-refractivity contribution in [3.05, 3.63) is 29.3 Å². The van der Waals surface area contributed by atoms with Gasteiger partial charge in [-0.3, -0.25) is 0 Å². The Morgan fingerprint density at radius 2 is 2.00 bits per heavy atom. The number of benzene rings is 1. The maximum absolute atomic E-state index is 12.7. The van der Waals surface area contributed by atoms with Gasteiger partial charge < -0.3 is 24.6 Å². The number of halogens is 1. The van der Waals surface area contributed by atoms with Crippen LogP contribution in [-0.2, 0) is 9.47 Å². The topological polar surface area (TPSA) is 54.0 Å². The van der Waals surface area contributed by atoms with Crippen molar-refractivity contribution in [3.8, 4) is 0 Å². The number of nitrogens with one attached hydrogen (secondary N) is 1. The number of urea groups is 1. The van der Waals surface area contributed by atoms with Gasteiger partial charge in [-0.05, 0) is 37.5 Å². The fraction of sp³-hybridized carbons (Fsp3) is 0.632. The number of rotatable bonds is 3. The molecule has 3 fully saturated rings. The zero-order valence-electron chi connectivity index (χ0n) is 14.9. The second kappa shape index (κ2) is 8.03. The van der Waals surface area contributed by atoms with Crippen molar-refractivity contribution in [2.45, 2.75) is 37.5 Å². The molecule has 3 saturated heterocycles. The Balaban J connectivity index is 1.29. The van der Waals surface area contributed by atoms with Crippen LogP contribution in [0.4, 0.5) is 10.5 Å². The van der Waals surface area contributed by atoms with Crippen LogP contribution in [0.5, 0.6) is 0 Å². The van der Waals surface area contributed by atoms with Gasteiger partial charge in [0, 0.05) is 43.0 Å². The molecule has 1 N–H and O–H groups in total. The Bertz CT molecular complexity index is 638. The fourth-order valence-corrected chi connectivity index (χ4v) is 4.22. The summed E-state index contributed by atoms with van der Waals surface area (Å²) in [5.41, 5.74) is 1.11. The number of hydrogen-bond acceptors (Lipinski definition) is 4. The highest BCUT2D eigenvalue weighted by Crippen LogP contribution is 2.24. The van der Waals surface area contributed by atoms with Crippen LogP contribution >= 0.6 is 11.6 Å². The molecule has 0 saturated carbocycles. The molecule has 0 unspecified atom stereocenters. The molecule has 7 heteroatoms. The number of morpholine rings is 1. The molecule has 2 amide bonds. The van der Waals surface area contributed by atoms with Gasteiger partial charge in [0.15, 0.2) is 0 Å². The summed E-state index contributed by atoms with van der Waals surface area (Å²) in [5.74, 6) is 0. The van der Waals surface area contributed by atoms with Crippen molar-refractivity contribution in [2.75, 3.05) is 44.3 Å². The highest BCUT2D eigenvalue weighted by atomic mass is 35.5. The molecule has 3 heterocycles. The number of anilines is 1. The molecule has 3 aliphatic heterocycles. The molecule has 0 bridgehead atoms. The fourth-order valence-electron chi connectivity index (χ4n) is 4.03. The SMILES string of the molecule is O=C(N[C@@H]1CCN(c2cccc(Cl)c2)C1)N1CCO[C@@H]([C@H]2CCCO2)C1. The quantitative estimate of drug-likeness (QED) is 0.876. The van der Waals surface area contributed by atoms with E-state index in [-0.39, 0.29) is 24.3 Å². The van der Waals surface area contributed by atoms with Crippen LogP contribution in [0.1, 0.15) is 19.3 Å². The van der Waals surface area contributed by atoms with Crippen molar-refractivity contribution < 1.29 is 14.3 Å². The van der Waals surface area contributed by atoms with Crippen molar-refractivity contribution in [3.63, 3.8) is 0 Å². The van der Waals surface area contributed by atoms with Gasteiger partial charge in [0.1, 0.15) is 6.10 Å². The van der Waals surface area contributed by atoms with Gasteiger partial charge in [0.2, 0.25) is 0 Å². The lowest BCUT2D eigenvalue weighted by atomic mass is 10.1. The highest BCUT2D eigenvalue weighted by Gasteiger charge is 2.34. The molecule has 6 nitrogen and oxygen atoms in total. The molecule has 0 radical (unpaired) electrons. The van der Waals surface area contributed by atoms with E-state index in [1.54, 1.807) is 0 Å². The van der Waals surface area contributed by atoms with Crippen LogP contribution in [-0.4, -0.2) is 68.6 Å². The molecule has 1 aromatic rings. The van der Waals surface area contributed by atoms with E-state index in [0.717, 1.165) is 49.7 Å². The first-order valence-corrected chi connectivity index (χ1v) is 9.86. The molecular formula is C19H26ClN3O3. The van der Waals surface area contributed by atoms with E-state index in [0.29, 0.717) is 19.7 Å². The van der Waals surface area contributed by atoms with Gasteiger partial charge in [-0.15, -0.1) is 0 Å². The normalized spacial score (nSPS) is 29.2. The molecule has 142 valence electrons. The molecule has 26 heavy (non-hydrogen) atoms. The largest absolute Gasteiger partial charge is 0.375 e. The minimum atomic E-state index is 0.00328. The summed E-state index contributed by atoms with van der Waals surface area (Å²) in [4.78, 5) is 16.8. The molecule has 0 spiro atoms. The van der Waals surface area contributed by atoms with Gasteiger partial charge in [-0.2, -0.15) is 0 Å². The second-order valence-corrected chi connectivity index (χ2v) is 7.70. The van der Waals surface area contributed by atoms with Crippen LogP contribution in [0.25, 0.3) is 0 Å². The van der Waals surface area contributed by atoms with Crippen LogP contribution in [0.3, 0.4) is 0 Å². The molecule has 0 aliphatic carbocycles. The van der Waals surface area contributed by atoms with E-state index in [1.165, 1.54) is 0 Å². The summed E-state index contributed by atoms with van der Waals surface area (Å²) in [6.45, 7) is 4.37. The maximum atomic E-state index is 12.7. The molecule has 4 rings (SSSR count). The predicted molar refractivity (Wildman–Crippen MR) is 101 cm³/mol. The first kappa shape index (κ1) is 17.9. The van der Waals surface area contributed by atoms with E-state index in [9.17, 15) is 4.79 Å². The summed E-state index contributed by atoms with van der Waals surface area (Å²) in [6.07, 6.45) is 3.19. The first-order valence-electron chi connectivity index (χ1n) is 9.48. The Hall–Kier alpha value is -1.50. The first-order chi connectivity index (χ1) is 12.7. The summed E-state index contributed by atoms with van der Waals surface area (Å²) >= 11 is 6.09. The van der Waals surface area contributed by atoms with Gasteiger partial charge in [-0.25, -0.2) is 4.79 Å². The second-order valence-electron chi connectivity index (χ2n) is 7.27. The number of ether oxygens (including phenoxy) is 2. The molecule has 1 aromatic carbocycles. The van der Waals surface area contributed by atoms with E-state index >= 15 is 0 Å². The van der Waals surface area contributed by atoms with Gasteiger partial charge in [0.05, 0.1) is 19.3 Å². The van der Waals surface area contributed by atoms with Crippen molar-refractivity contribution in [2.24, 2.45) is 0 Å². The lowest BCUT2D eigenvalue weighted by molar-refractivity contribution is -0.0849. The lowest BCUT2D eigenvalue weighted by Crippen LogP contribution is -2.54. The summed E-state index contributed by atoms with van der Waals surface area (Å²) < 4.78 is 11.6. The Morgan fingerprint density at radius 1 is 1.12 bits per heavy atom. The third kappa shape index (κ3) is 4.08. The van der Waals surface area contributed by atoms with Crippen LogP contribution < -0.4 is 10.2 Å². The van der Waals surface area contributed by atoms with Crippen LogP contribution in [0.15, 0.2) is 24.3 Å². The van der Waals surface area contributed by atoms with Gasteiger partial charge in [-0.1, -0.05) is 17.7 Å². The van der Waals surface area contributed by atoms with E-state index in [1.807, 2.05) is 23.1 Å². The standard InChI is InChI=1S/C19H26ClN3O3/c20-14-3-1-4-16(11-14)22-7-6-15(12-22)21-19(24)23-8-10-26-18(13-23)17-5-2-9-25-17/h1,3-4,11,15,17-18H,2,5-10,12-13H2,(H,21,24)/t15-,17-,18-/m1/s1. The number of nitrogens with zero attached hydrogens (tertiary/aromatic N) is 2. The van der Waals surface area contributed by atoms with E-state index < -0.39 is 0 Å². The van der Waals surface area contributed by atoms with Crippen molar-refractivity contribution >= 4 is 23.3 Å². The third-order valence-electron chi connectivity index (χ3n) is 5.45. The van der Waals surface area contributed by atoms with Crippen molar-refractivity contribution in [1.29, 1.82) is 0 Å². The number of carbonyl (C=O) groups excluding carboxylic acids is 1. The van der Waals surface area contributed by atoms with Gasteiger partial charge in [0.25, 0.3) is 0 Å². The monoisotopic (exact) mass is 379 g/mol. The number of amides is 2. The number of carbonyl (C=O) groups is 1. The van der Waals surface area contributed by atoms with Crippen LogP contribution in [0, 0.1) is 0 Å². The summed E-state index contributed by atoms with van der Waals surface area (Å²) in [7, 11) is 0. The summed E-state index contributed by atoms with van der Waals surface area (Å²) in [5, 5.41) is 3.93. The van der Waals surface area contributed by atoms with E-state index in [2.05, 4.69) is 16.3 Å². The average molecular weight is 380 g/mol. The summed E-state index contributed by atoms with van der Waals surface area (Å²) in [6, 6.07) is 8.04. The maximum Gasteiger partial charge on any atom is 0.317 e. The molecule has 3 aliphatic rings. The van der Waals surface area contributed by atoms with Gasteiger partial charge >= 0.3 is 6.03 Å². The lowest BCUT2D eigenvalue weighted by Gasteiger charge is -2.35. The molecular weight excluding hydrogens is 354 g/mol. The van der Waals surface area contributed by atoms with Crippen LogP contribution in [0.2, 0.25) is 5.02 Å². The zero-order valence-corrected chi connectivity index (χ0v) is 15.7. The highest BCUT2D eigenvalue weighted by molar-refractivity contribution is 6.30. The Morgan fingerprint density at radius 3 is 2.81 bits per heavy atom. The third-order valence-corrected chi connectivity index (χ3v) is 5.68. The van der Waals surface area contributed by atoms with E-state index in [4.69, 9.17) is 21.1 Å². The Kier molecular flexibility index (Phi) is 5.52. The average Bonchev–Trinajstić information content (AvgIpc) is 3.34. The number of hydrogen-bond donors (Lipinski definition) is 1. The predicted octanol–water partition coefficient (Wildman–Crippen LogP) is 2.51. The molecule has 0 aromatic heterocycles. The smallest absolute Gasteiger partial charge is 0.317 e. The minimum absolute atomic E-state index is 0.00328. The van der Waals surface area contributed by atoms with Crippen molar-refractivity contribution in [1.82, 2.24) is 10.2 Å². The minimum Gasteiger partial charge on any atom is -0.375 e. The molecule has 3 atom stereocenters. The Labute approximate surface area is 159 Å². The zero-order chi connectivity index (χ0) is 17.9.